The molecule has 0 radical (unpaired) electrons. The number of amides is 1. The fourth-order valence-corrected chi connectivity index (χ4v) is 4.11. The standard InChI is InChI=1S/C24H23N5O3/c1-31-24-27-12-16(13-28-24)23-19-14-25-17(9-15(19)11-26-23)10-22(30)29-20-6-4-8-32-21-7-3-2-5-18(20)21/h2-3,5,7,9,12-14,20H,4,6,8,10-11H2,1H3,(H,29,30)/t20-/m1/s1. The van der Waals surface area contributed by atoms with Gasteiger partial charge in [-0.05, 0) is 30.5 Å². The van der Waals surface area contributed by atoms with Crippen molar-refractivity contribution in [3.05, 3.63) is 76.9 Å². The van der Waals surface area contributed by atoms with Gasteiger partial charge in [-0.15, -0.1) is 0 Å². The molecule has 4 heterocycles. The summed E-state index contributed by atoms with van der Waals surface area (Å²) in [7, 11) is 1.53. The number of methoxy groups -OCH3 is 1. The number of fused-ring (bicyclic) bond motifs is 2. The van der Waals surface area contributed by atoms with Crippen LogP contribution in [0.3, 0.4) is 0 Å². The molecule has 0 aliphatic carbocycles. The Morgan fingerprint density at radius 3 is 2.88 bits per heavy atom. The molecule has 162 valence electrons. The second-order valence-corrected chi connectivity index (χ2v) is 7.78. The van der Waals surface area contributed by atoms with Gasteiger partial charge in [-0.3, -0.25) is 14.8 Å². The van der Waals surface area contributed by atoms with E-state index in [1.165, 1.54) is 7.11 Å². The van der Waals surface area contributed by atoms with Gasteiger partial charge in [-0.1, -0.05) is 18.2 Å². The van der Waals surface area contributed by atoms with Gasteiger partial charge < -0.3 is 14.8 Å². The molecule has 32 heavy (non-hydrogen) atoms. The van der Waals surface area contributed by atoms with Crippen LogP contribution in [0.25, 0.3) is 0 Å². The first-order chi connectivity index (χ1) is 15.7. The Morgan fingerprint density at radius 1 is 1.19 bits per heavy atom. The molecule has 1 atom stereocenters. The van der Waals surface area contributed by atoms with Crippen LogP contribution in [-0.4, -0.2) is 40.3 Å². The number of aliphatic imine (C=N–C) groups is 1. The van der Waals surface area contributed by atoms with Crippen molar-refractivity contribution in [1.29, 1.82) is 0 Å². The van der Waals surface area contributed by atoms with Gasteiger partial charge in [0, 0.05) is 35.3 Å². The van der Waals surface area contributed by atoms with Crippen molar-refractivity contribution in [2.45, 2.75) is 31.8 Å². The molecule has 2 aliphatic heterocycles. The van der Waals surface area contributed by atoms with Gasteiger partial charge in [0.15, 0.2) is 0 Å². The van der Waals surface area contributed by atoms with E-state index in [1.807, 2.05) is 30.3 Å². The molecule has 0 saturated heterocycles. The molecule has 2 aromatic heterocycles. The SMILES string of the molecule is COc1ncc(C2=NCc3cc(CC(=O)N[C@@H]4CCCOc5ccccc54)ncc32)cn1. The minimum Gasteiger partial charge on any atom is -0.493 e. The number of nitrogens with one attached hydrogen (secondary N) is 1. The zero-order valence-electron chi connectivity index (χ0n) is 17.7. The van der Waals surface area contributed by atoms with Crippen molar-refractivity contribution in [3.8, 4) is 11.8 Å². The molecular weight excluding hydrogens is 406 g/mol. The van der Waals surface area contributed by atoms with Crippen LogP contribution in [0, 0.1) is 0 Å². The van der Waals surface area contributed by atoms with E-state index in [1.54, 1.807) is 18.6 Å². The van der Waals surface area contributed by atoms with E-state index in [2.05, 4.69) is 25.3 Å². The van der Waals surface area contributed by atoms with Crippen molar-refractivity contribution in [1.82, 2.24) is 20.3 Å². The molecule has 0 saturated carbocycles. The Labute approximate surface area is 185 Å². The van der Waals surface area contributed by atoms with Gasteiger partial charge in [0.25, 0.3) is 0 Å². The summed E-state index contributed by atoms with van der Waals surface area (Å²) in [6.07, 6.45) is 7.12. The predicted molar refractivity (Wildman–Crippen MR) is 118 cm³/mol. The number of ether oxygens (including phenoxy) is 2. The molecule has 2 aliphatic rings. The van der Waals surface area contributed by atoms with E-state index in [0.717, 1.165) is 52.3 Å². The highest BCUT2D eigenvalue weighted by Crippen LogP contribution is 2.31. The zero-order chi connectivity index (χ0) is 21.9. The van der Waals surface area contributed by atoms with Gasteiger partial charge in [-0.2, -0.15) is 0 Å². The smallest absolute Gasteiger partial charge is 0.316 e. The largest absolute Gasteiger partial charge is 0.493 e. The molecule has 0 unspecified atom stereocenters. The van der Waals surface area contributed by atoms with Crippen molar-refractivity contribution >= 4 is 11.6 Å². The van der Waals surface area contributed by atoms with Crippen LogP contribution in [0.4, 0.5) is 0 Å². The maximum atomic E-state index is 12.8. The summed E-state index contributed by atoms with van der Waals surface area (Å²) in [5.41, 5.74) is 5.36. The summed E-state index contributed by atoms with van der Waals surface area (Å²) < 4.78 is 10.8. The van der Waals surface area contributed by atoms with Crippen molar-refractivity contribution in [2.24, 2.45) is 4.99 Å². The van der Waals surface area contributed by atoms with Gasteiger partial charge in [0.1, 0.15) is 5.75 Å². The third-order valence-electron chi connectivity index (χ3n) is 5.66. The third-order valence-corrected chi connectivity index (χ3v) is 5.66. The molecule has 3 aromatic rings. The van der Waals surface area contributed by atoms with E-state index < -0.39 is 0 Å². The first kappa shape index (κ1) is 20.1. The van der Waals surface area contributed by atoms with E-state index in [-0.39, 0.29) is 18.4 Å². The number of carbonyl (C=O) groups is 1. The number of benzene rings is 1. The van der Waals surface area contributed by atoms with Crippen LogP contribution in [0.1, 0.15) is 46.8 Å². The molecule has 8 heteroatoms. The number of rotatable bonds is 5. The molecule has 5 rings (SSSR count). The lowest BCUT2D eigenvalue weighted by molar-refractivity contribution is -0.121. The number of carbonyl (C=O) groups excluding carboxylic acids is 1. The van der Waals surface area contributed by atoms with Crippen LogP contribution in [-0.2, 0) is 17.8 Å². The summed E-state index contributed by atoms with van der Waals surface area (Å²) in [4.78, 5) is 30.3. The van der Waals surface area contributed by atoms with Gasteiger partial charge in [0.2, 0.25) is 5.91 Å². The average Bonchev–Trinajstić information content (AvgIpc) is 3.14. The molecule has 0 spiro atoms. The highest BCUT2D eigenvalue weighted by molar-refractivity contribution is 6.14. The quantitative estimate of drug-likeness (QED) is 0.670. The summed E-state index contributed by atoms with van der Waals surface area (Å²) in [6.45, 7) is 1.21. The fraction of sp³-hybridized carbons (Fsp3) is 0.292. The monoisotopic (exact) mass is 429 g/mol. The second-order valence-electron chi connectivity index (χ2n) is 7.78. The maximum absolute atomic E-state index is 12.8. The number of hydrogen-bond donors (Lipinski definition) is 1. The first-order valence-corrected chi connectivity index (χ1v) is 10.6. The van der Waals surface area contributed by atoms with Crippen LogP contribution < -0.4 is 14.8 Å². The van der Waals surface area contributed by atoms with Crippen molar-refractivity contribution in [2.75, 3.05) is 13.7 Å². The van der Waals surface area contributed by atoms with Crippen molar-refractivity contribution < 1.29 is 14.3 Å². The second kappa shape index (κ2) is 8.74. The lowest BCUT2D eigenvalue weighted by atomic mass is 10.0. The first-order valence-electron chi connectivity index (χ1n) is 10.6. The molecule has 0 bridgehead atoms. The van der Waals surface area contributed by atoms with E-state index in [9.17, 15) is 4.79 Å². The molecule has 1 aromatic carbocycles. The Balaban J connectivity index is 1.28. The summed E-state index contributed by atoms with van der Waals surface area (Å²) in [5.74, 6) is 0.792. The number of para-hydroxylation sites is 1. The van der Waals surface area contributed by atoms with Crippen LogP contribution in [0.2, 0.25) is 0 Å². The maximum Gasteiger partial charge on any atom is 0.316 e. The van der Waals surface area contributed by atoms with Gasteiger partial charge in [-0.25, -0.2) is 9.97 Å². The Bertz CT molecular complexity index is 1180. The Morgan fingerprint density at radius 2 is 2.03 bits per heavy atom. The summed E-state index contributed by atoms with van der Waals surface area (Å²) in [6, 6.07) is 10.1. The zero-order valence-corrected chi connectivity index (χ0v) is 17.7. The van der Waals surface area contributed by atoms with Gasteiger partial charge in [0.05, 0.1) is 44.1 Å². The minimum atomic E-state index is -0.0550. The van der Waals surface area contributed by atoms with Crippen molar-refractivity contribution in [3.63, 3.8) is 0 Å². The lowest BCUT2D eigenvalue weighted by Crippen LogP contribution is -2.30. The Kier molecular flexibility index (Phi) is 5.49. The fourth-order valence-electron chi connectivity index (χ4n) is 4.11. The normalized spacial score (nSPS) is 16.8. The van der Waals surface area contributed by atoms with Crippen LogP contribution >= 0.6 is 0 Å². The van der Waals surface area contributed by atoms with Crippen LogP contribution in [0.5, 0.6) is 11.8 Å². The number of pyridine rings is 1. The molecule has 8 nitrogen and oxygen atoms in total. The topological polar surface area (TPSA) is 98.6 Å². The lowest BCUT2D eigenvalue weighted by Gasteiger charge is -2.18. The van der Waals surface area contributed by atoms with E-state index in [4.69, 9.17) is 9.47 Å². The number of aromatic nitrogens is 3. The molecule has 1 N–H and O–H groups in total. The molecule has 1 amide bonds. The van der Waals surface area contributed by atoms with Crippen LogP contribution in [0.15, 0.2) is 53.9 Å². The highest BCUT2D eigenvalue weighted by atomic mass is 16.5. The minimum absolute atomic E-state index is 0.0538. The van der Waals surface area contributed by atoms with E-state index >= 15 is 0 Å². The average molecular weight is 429 g/mol. The number of nitrogens with zero attached hydrogens (tertiary/aromatic N) is 4. The predicted octanol–water partition coefficient (Wildman–Crippen LogP) is 2.80. The summed E-state index contributed by atoms with van der Waals surface area (Å²) >= 11 is 0. The summed E-state index contributed by atoms with van der Waals surface area (Å²) in [5, 5.41) is 3.16. The van der Waals surface area contributed by atoms with E-state index in [0.29, 0.717) is 19.2 Å². The number of hydrogen-bond acceptors (Lipinski definition) is 7. The molecule has 0 fully saturated rings. The molecular formula is C24H23N5O3. The van der Waals surface area contributed by atoms with Gasteiger partial charge >= 0.3 is 6.01 Å². The Hall–Kier alpha value is -3.81. The third kappa shape index (κ3) is 4.03. The highest BCUT2D eigenvalue weighted by Gasteiger charge is 2.23.